The van der Waals surface area contributed by atoms with Crippen molar-refractivity contribution >= 4 is 0 Å². The van der Waals surface area contributed by atoms with Crippen LogP contribution in [0.15, 0.2) is 30.3 Å². The van der Waals surface area contributed by atoms with Gasteiger partial charge in [0.1, 0.15) is 0 Å². The molecule has 0 N–H and O–H groups in total. The lowest BCUT2D eigenvalue weighted by atomic mass is 9.97. The largest absolute Gasteiger partial charge is 0.346 e. The van der Waals surface area contributed by atoms with Gasteiger partial charge >= 0.3 is 0 Å². The molecule has 0 amide bonds. The van der Waals surface area contributed by atoms with Gasteiger partial charge in [-0.25, -0.2) is 0 Å². The predicted octanol–water partition coefficient (Wildman–Crippen LogP) is 3.57. The van der Waals surface area contributed by atoms with Crippen molar-refractivity contribution in [3.63, 3.8) is 0 Å². The fraction of sp³-hybridized carbons (Fsp3) is 0.600. The van der Waals surface area contributed by atoms with Gasteiger partial charge in [0.15, 0.2) is 5.79 Å². The highest BCUT2D eigenvalue weighted by molar-refractivity contribution is 5.19. The molecule has 1 fully saturated rings. The van der Waals surface area contributed by atoms with E-state index in [0.717, 1.165) is 18.8 Å². The molecule has 2 heteroatoms. The minimum atomic E-state index is -0.561. The summed E-state index contributed by atoms with van der Waals surface area (Å²) < 4.78 is 11.9. The third kappa shape index (κ3) is 3.08. The Morgan fingerprint density at radius 2 is 1.76 bits per heavy atom. The average Bonchev–Trinajstić information content (AvgIpc) is 2.33. The number of rotatable bonds is 3. The lowest BCUT2D eigenvalue weighted by molar-refractivity contribution is -0.283. The Balaban J connectivity index is 1.98. The molecular formula is C15H22O2. The lowest BCUT2D eigenvalue weighted by Gasteiger charge is -2.38. The molecule has 17 heavy (non-hydrogen) atoms. The van der Waals surface area contributed by atoms with Crippen molar-refractivity contribution < 1.29 is 9.47 Å². The summed E-state index contributed by atoms with van der Waals surface area (Å²) in [6, 6.07) is 10.2. The molecule has 0 aromatic heterocycles. The molecule has 0 atom stereocenters. The van der Waals surface area contributed by atoms with E-state index in [1.165, 1.54) is 6.42 Å². The van der Waals surface area contributed by atoms with Crippen LogP contribution >= 0.6 is 0 Å². The third-order valence-electron chi connectivity index (χ3n) is 3.29. The molecule has 0 saturated carbocycles. The van der Waals surface area contributed by atoms with Gasteiger partial charge in [-0.3, -0.25) is 0 Å². The zero-order valence-corrected chi connectivity index (χ0v) is 11.0. The summed E-state index contributed by atoms with van der Waals surface area (Å²) in [4.78, 5) is 0. The molecule has 1 aliphatic rings. The first-order chi connectivity index (χ1) is 8.10. The highest BCUT2D eigenvalue weighted by Gasteiger charge is 2.34. The van der Waals surface area contributed by atoms with Gasteiger partial charge in [-0.05, 0) is 19.3 Å². The molecule has 1 aromatic rings. The number of ether oxygens (including phenoxy) is 2. The maximum Gasteiger partial charge on any atom is 0.191 e. The minimum absolute atomic E-state index is 0.534. The van der Waals surface area contributed by atoms with Crippen LogP contribution in [0.25, 0.3) is 0 Å². The maximum atomic E-state index is 5.94. The zero-order valence-electron chi connectivity index (χ0n) is 11.0. The number of hydrogen-bond acceptors (Lipinski definition) is 2. The van der Waals surface area contributed by atoms with Crippen LogP contribution < -0.4 is 0 Å². The fourth-order valence-corrected chi connectivity index (χ4v) is 2.35. The number of benzene rings is 1. The molecule has 0 spiro atoms. The van der Waals surface area contributed by atoms with Crippen molar-refractivity contribution in [3.8, 4) is 0 Å². The third-order valence-corrected chi connectivity index (χ3v) is 3.29. The molecule has 1 heterocycles. The Labute approximate surface area is 104 Å². The van der Waals surface area contributed by atoms with Crippen LogP contribution in [0.5, 0.6) is 0 Å². The summed E-state index contributed by atoms with van der Waals surface area (Å²) in [5.41, 5.74) is 1.10. The van der Waals surface area contributed by atoms with Crippen LogP contribution in [0.1, 0.15) is 32.8 Å². The molecule has 2 rings (SSSR count). The van der Waals surface area contributed by atoms with E-state index in [2.05, 4.69) is 26.0 Å². The van der Waals surface area contributed by atoms with E-state index in [4.69, 9.17) is 9.47 Å². The Hall–Kier alpha value is -0.860. The molecule has 0 radical (unpaired) electrons. The van der Waals surface area contributed by atoms with Crippen molar-refractivity contribution in [1.29, 1.82) is 0 Å². The minimum Gasteiger partial charge on any atom is -0.346 e. The normalized spacial score (nSPS) is 29.5. The summed E-state index contributed by atoms with van der Waals surface area (Å²) in [6.07, 6.45) is 1.17. The first kappa shape index (κ1) is 12.6. The molecule has 0 unspecified atom stereocenters. The van der Waals surface area contributed by atoms with E-state index >= 15 is 0 Å². The van der Waals surface area contributed by atoms with Crippen LogP contribution in [-0.4, -0.2) is 13.2 Å². The molecular weight excluding hydrogens is 212 g/mol. The van der Waals surface area contributed by atoms with Gasteiger partial charge in [0, 0.05) is 11.5 Å². The molecule has 0 bridgehead atoms. The van der Waals surface area contributed by atoms with Gasteiger partial charge < -0.3 is 9.47 Å². The quantitative estimate of drug-likeness (QED) is 0.796. The first-order valence-electron chi connectivity index (χ1n) is 6.43. The van der Waals surface area contributed by atoms with Gasteiger partial charge in [0.05, 0.1) is 13.2 Å². The van der Waals surface area contributed by atoms with Crippen LogP contribution in [0.4, 0.5) is 0 Å². The van der Waals surface area contributed by atoms with E-state index < -0.39 is 5.79 Å². The van der Waals surface area contributed by atoms with Gasteiger partial charge in [0.2, 0.25) is 0 Å². The van der Waals surface area contributed by atoms with Crippen molar-refractivity contribution in [2.24, 2.45) is 11.8 Å². The molecule has 2 nitrogen and oxygen atoms in total. The summed E-state index contributed by atoms with van der Waals surface area (Å²) >= 11 is 0. The van der Waals surface area contributed by atoms with E-state index in [0.29, 0.717) is 11.8 Å². The second kappa shape index (κ2) is 5.19. The summed E-state index contributed by atoms with van der Waals surface area (Å²) in [5.74, 6) is 0.675. The standard InChI is InChI=1S/C15H22O2/c1-12(2)9-13-10-16-15(3,17-11-13)14-7-5-4-6-8-14/h4-8,12-13H,9-11H2,1-3H3. The van der Waals surface area contributed by atoms with E-state index in [9.17, 15) is 0 Å². The summed E-state index contributed by atoms with van der Waals surface area (Å²) in [5, 5.41) is 0. The monoisotopic (exact) mass is 234 g/mol. The molecule has 94 valence electrons. The second-order valence-electron chi connectivity index (χ2n) is 5.43. The predicted molar refractivity (Wildman–Crippen MR) is 68.6 cm³/mol. The Morgan fingerprint density at radius 1 is 1.18 bits per heavy atom. The van der Waals surface area contributed by atoms with E-state index in [1.54, 1.807) is 0 Å². The van der Waals surface area contributed by atoms with Crippen LogP contribution in [-0.2, 0) is 15.3 Å². The molecule has 1 aliphatic heterocycles. The van der Waals surface area contributed by atoms with Gasteiger partial charge in [-0.1, -0.05) is 44.2 Å². The maximum absolute atomic E-state index is 5.94. The highest BCUT2D eigenvalue weighted by Crippen LogP contribution is 2.33. The van der Waals surface area contributed by atoms with Crippen molar-refractivity contribution in [2.45, 2.75) is 33.0 Å². The van der Waals surface area contributed by atoms with Gasteiger partial charge in [0.25, 0.3) is 0 Å². The highest BCUT2D eigenvalue weighted by atomic mass is 16.7. The SMILES string of the molecule is CC(C)CC1COC(C)(c2ccccc2)OC1. The first-order valence-corrected chi connectivity index (χ1v) is 6.43. The smallest absolute Gasteiger partial charge is 0.191 e. The molecule has 1 aromatic carbocycles. The number of hydrogen-bond donors (Lipinski definition) is 0. The van der Waals surface area contributed by atoms with E-state index in [1.807, 2.05) is 25.1 Å². The second-order valence-corrected chi connectivity index (χ2v) is 5.43. The van der Waals surface area contributed by atoms with Crippen molar-refractivity contribution in [3.05, 3.63) is 35.9 Å². The molecule has 0 aliphatic carbocycles. The summed E-state index contributed by atoms with van der Waals surface area (Å²) in [7, 11) is 0. The summed E-state index contributed by atoms with van der Waals surface area (Å²) in [6.45, 7) is 8.08. The van der Waals surface area contributed by atoms with Crippen LogP contribution in [0.3, 0.4) is 0 Å². The van der Waals surface area contributed by atoms with Crippen LogP contribution in [0, 0.1) is 11.8 Å². The Bertz CT molecular complexity index is 337. The topological polar surface area (TPSA) is 18.5 Å². The van der Waals surface area contributed by atoms with Gasteiger partial charge in [-0.15, -0.1) is 0 Å². The van der Waals surface area contributed by atoms with Gasteiger partial charge in [-0.2, -0.15) is 0 Å². The fourth-order valence-electron chi connectivity index (χ4n) is 2.35. The van der Waals surface area contributed by atoms with Crippen molar-refractivity contribution in [1.82, 2.24) is 0 Å². The Morgan fingerprint density at radius 3 is 2.29 bits per heavy atom. The van der Waals surface area contributed by atoms with Crippen molar-refractivity contribution in [2.75, 3.05) is 13.2 Å². The van der Waals surface area contributed by atoms with Crippen LogP contribution in [0.2, 0.25) is 0 Å². The average molecular weight is 234 g/mol. The molecule has 1 saturated heterocycles. The van der Waals surface area contributed by atoms with E-state index in [-0.39, 0.29) is 0 Å². The lowest BCUT2D eigenvalue weighted by Crippen LogP contribution is -2.39. The Kier molecular flexibility index (Phi) is 3.85. The zero-order chi connectivity index (χ0) is 12.3.